The first kappa shape index (κ1) is 42.2. The summed E-state index contributed by atoms with van der Waals surface area (Å²) < 4.78 is 5.91. The average Bonchev–Trinajstić information content (AvgIpc) is 3.84. The lowest BCUT2D eigenvalue weighted by molar-refractivity contribution is -0.136. The third-order valence-corrected chi connectivity index (χ3v) is 12.9. The molecule has 0 spiro atoms. The van der Waals surface area contributed by atoms with E-state index in [0.29, 0.717) is 55.6 Å². The second-order valence-electron chi connectivity index (χ2n) is 16.7. The fourth-order valence-corrected chi connectivity index (χ4v) is 9.50. The van der Waals surface area contributed by atoms with E-state index < -0.39 is 23.8 Å². The largest absolute Gasteiger partial charge is 0.457 e. The molecule has 9 rings (SSSR count). The van der Waals surface area contributed by atoms with E-state index in [2.05, 4.69) is 40.3 Å². The molecule has 3 fully saturated rings. The number of hydrogen-bond donors (Lipinski definition) is 3. The molecular formula is C47H50ClN9O6. The standard InChI is InChI=1S/C47H50ClN9O6/c48-38-26-33(63-32-10-4-3-5-11-32)13-15-35(38)42(59)37-27-49-43-41(37)44(51-29-50-43)52-30-9-8-20-55(28-30)19-7-2-1-6-18-54-21-23-56(24-22-54)31-12-14-34-36(25-31)47(62)57(46(34)61)39-16-17-40(58)53-45(39)60/h3-5,10-15,25-27,29-30,39H,1-2,6-9,16-24,28H2,(H,53,58,60)(H2,49,50,51,52)/t30-,39?/m1/s1. The van der Waals surface area contributed by atoms with Crippen LogP contribution in [0.4, 0.5) is 11.5 Å². The van der Waals surface area contributed by atoms with Crippen molar-refractivity contribution in [2.45, 2.75) is 63.5 Å². The van der Waals surface area contributed by atoms with Crippen LogP contribution in [0.3, 0.4) is 0 Å². The van der Waals surface area contributed by atoms with Gasteiger partial charge in [0.25, 0.3) is 11.8 Å². The molecule has 326 valence electrons. The number of imide groups is 2. The van der Waals surface area contributed by atoms with Crippen molar-refractivity contribution in [1.29, 1.82) is 0 Å². The number of nitrogens with zero attached hydrogens (tertiary/aromatic N) is 6. The molecule has 0 saturated carbocycles. The first-order chi connectivity index (χ1) is 30.7. The van der Waals surface area contributed by atoms with E-state index in [1.54, 1.807) is 36.5 Å². The number of carbonyl (C=O) groups excluding carboxylic acids is 5. The van der Waals surface area contributed by atoms with Crippen LogP contribution in [0.5, 0.6) is 11.5 Å². The lowest BCUT2D eigenvalue weighted by Crippen LogP contribution is -2.54. The molecule has 16 heteroatoms. The summed E-state index contributed by atoms with van der Waals surface area (Å²) in [7, 11) is 0. The van der Waals surface area contributed by atoms with E-state index in [1.807, 2.05) is 36.4 Å². The third kappa shape index (κ3) is 9.17. The van der Waals surface area contributed by atoms with Gasteiger partial charge >= 0.3 is 0 Å². The Kier molecular flexibility index (Phi) is 12.5. The SMILES string of the molecule is O=C1CCC(N2C(=O)c3ccc(N4CCN(CCCCCCN5CCC[C@@H](Nc6ncnc7[nH]cc(C(=O)c8ccc(Oc9ccccc9)cc8Cl)c67)C5)CC4)cc3C2=O)C(=O)N1. The van der Waals surface area contributed by atoms with Crippen molar-refractivity contribution in [3.8, 4) is 11.5 Å². The Labute approximate surface area is 370 Å². The summed E-state index contributed by atoms with van der Waals surface area (Å²) in [5, 5.41) is 6.85. The van der Waals surface area contributed by atoms with Crippen molar-refractivity contribution >= 4 is 63.6 Å². The van der Waals surface area contributed by atoms with E-state index in [-0.39, 0.29) is 30.6 Å². The molecule has 15 nitrogen and oxygen atoms in total. The number of aromatic amines is 1. The van der Waals surface area contributed by atoms with Gasteiger partial charge in [0, 0.05) is 68.7 Å². The van der Waals surface area contributed by atoms with Gasteiger partial charge in [-0.1, -0.05) is 42.6 Å². The molecule has 3 aromatic carbocycles. The quantitative estimate of drug-likeness (QED) is 0.0611. The summed E-state index contributed by atoms with van der Waals surface area (Å²) in [6, 6.07) is 19.0. The number of benzene rings is 3. The van der Waals surface area contributed by atoms with Crippen LogP contribution in [-0.4, -0.2) is 124 Å². The van der Waals surface area contributed by atoms with Crippen LogP contribution in [0, 0.1) is 0 Å². The normalized spacial score (nSPS) is 19.7. The Balaban J connectivity index is 0.709. The number of aromatic nitrogens is 3. The molecule has 1 unspecified atom stereocenters. The summed E-state index contributed by atoms with van der Waals surface area (Å²) in [5.74, 6) is -0.325. The molecule has 4 aliphatic rings. The highest BCUT2D eigenvalue weighted by Crippen LogP contribution is 2.33. The Morgan fingerprint density at radius 3 is 2.35 bits per heavy atom. The molecule has 4 amide bonds. The topological polar surface area (TPSA) is 173 Å². The number of amides is 4. The number of halogens is 1. The molecule has 5 aromatic rings. The number of para-hydroxylation sites is 1. The second kappa shape index (κ2) is 18.7. The van der Waals surface area contributed by atoms with Gasteiger partial charge in [-0.05, 0) is 94.2 Å². The minimum Gasteiger partial charge on any atom is -0.457 e. The summed E-state index contributed by atoms with van der Waals surface area (Å²) in [4.78, 5) is 84.8. The molecule has 3 N–H and O–H groups in total. The number of piperazine rings is 1. The van der Waals surface area contributed by atoms with Gasteiger partial charge in [-0.3, -0.25) is 39.1 Å². The zero-order valence-corrected chi connectivity index (χ0v) is 35.7. The first-order valence-corrected chi connectivity index (χ1v) is 22.3. The fraction of sp³-hybridized carbons (Fsp3) is 0.383. The van der Waals surface area contributed by atoms with E-state index in [0.717, 1.165) is 101 Å². The van der Waals surface area contributed by atoms with Crippen molar-refractivity contribution < 1.29 is 28.7 Å². The molecular weight excluding hydrogens is 822 g/mol. The second-order valence-corrected chi connectivity index (χ2v) is 17.1. The van der Waals surface area contributed by atoms with Crippen LogP contribution in [0.25, 0.3) is 11.0 Å². The minimum absolute atomic E-state index is 0.0945. The van der Waals surface area contributed by atoms with E-state index >= 15 is 0 Å². The number of anilines is 2. The molecule has 2 atom stereocenters. The lowest BCUT2D eigenvalue weighted by Gasteiger charge is -2.36. The number of ketones is 1. The van der Waals surface area contributed by atoms with E-state index in [1.165, 1.54) is 6.33 Å². The van der Waals surface area contributed by atoms with Gasteiger partial charge < -0.3 is 24.8 Å². The average molecular weight is 872 g/mol. The number of fused-ring (bicyclic) bond motifs is 2. The number of unbranched alkanes of at least 4 members (excludes halogenated alkanes) is 3. The van der Waals surface area contributed by atoms with Gasteiger partial charge in [-0.15, -0.1) is 0 Å². The molecule has 63 heavy (non-hydrogen) atoms. The molecule has 2 aromatic heterocycles. The summed E-state index contributed by atoms with van der Waals surface area (Å²) in [6.45, 7) is 7.49. The highest BCUT2D eigenvalue weighted by atomic mass is 35.5. The number of likely N-dealkylation sites (tertiary alicyclic amines) is 1. The predicted octanol–water partition coefficient (Wildman–Crippen LogP) is 6.29. The van der Waals surface area contributed by atoms with Crippen LogP contribution in [-0.2, 0) is 9.59 Å². The molecule has 4 aliphatic heterocycles. The molecule has 3 saturated heterocycles. The van der Waals surface area contributed by atoms with Crippen LogP contribution in [0.15, 0.2) is 79.3 Å². The predicted molar refractivity (Wildman–Crippen MR) is 239 cm³/mol. The third-order valence-electron chi connectivity index (χ3n) is 12.6. The first-order valence-electron chi connectivity index (χ1n) is 21.9. The van der Waals surface area contributed by atoms with Gasteiger partial charge in [0.2, 0.25) is 11.8 Å². The van der Waals surface area contributed by atoms with Gasteiger partial charge in [0.05, 0.1) is 27.1 Å². The van der Waals surface area contributed by atoms with Crippen LogP contribution in [0.1, 0.15) is 88.0 Å². The number of hydrogen-bond acceptors (Lipinski definition) is 12. The van der Waals surface area contributed by atoms with E-state index in [9.17, 15) is 24.0 Å². The van der Waals surface area contributed by atoms with Crippen LogP contribution < -0.4 is 20.3 Å². The van der Waals surface area contributed by atoms with Crippen molar-refractivity contribution in [1.82, 2.24) is 35.0 Å². The van der Waals surface area contributed by atoms with Crippen LogP contribution >= 0.6 is 11.6 Å². The fourth-order valence-electron chi connectivity index (χ4n) is 9.24. The zero-order valence-electron chi connectivity index (χ0n) is 35.0. The zero-order chi connectivity index (χ0) is 43.5. The number of rotatable bonds is 15. The monoisotopic (exact) mass is 871 g/mol. The maximum atomic E-state index is 13.9. The Hall–Kier alpha value is -6.16. The van der Waals surface area contributed by atoms with Gasteiger partial charge in [0.1, 0.15) is 35.3 Å². The van der Waals surface area contributed by atoms with E-state index in [4.69, 9.17) is 16.3 Å². The summed E-state index contributed by atoms with van der Waals surface area (Å²) >= 11 is 6.65. The molecule has 0 bridgehead atoms. The highest BCUT2D eigenvalue weighted by molar-refractivity contribution is 6.36. The van der Waals surface area contributed by atoms with Crippen molar-refractivity contribution in [2.75, 3.05) is 62.6 Å². The molecule has 0 aliphatic carbocycles. The van der Waals surface area contributed by atoms with Crippen molar-refractivity contribution in [3.05, 3.63) is 107 Å². The molecule has 6 heterocycles. The highest BCUT2D eigenvalue weighted by Gasteiger charge is 2.45. The lowest BCUT2D eigenvalue weighted by atomic mass is 10.0. The molecule has 0 radical (unpaired) electrons. The van der Waals surface area contributed by atoms with Crippen molar-refractivity contribution in [3.63, 3.8) is 0 Å². The van der Waals surface area contributed by atoms with Crippen LogP contribution in [0.2, 0.25) is 5.02 Å². The Morgan fingerprint density at radius 1 is 0.794 bits per heavy atom. The van der Waals surface area contributed by atoms with Crippen molar-refractivity contribution in [2.24, 2.45) is 0 Å². The Bertz CT molecular complexity index is 2540. The number of carbonyl (C=O) groups is 5. The van der Waals surface area contributed by atoms with Gasteiger partial charge in [-0.2, -0.15) is 0 Å². The maximum Gasteiger partial charge on any atom is 0.262 e. The number of nitrogens with one attached hydrogen (secondary N) is 3. The minimum atomic E-state index is -0.969. The smallest absolute Gasteiger partial charge is 0.262 e. The Morgan fingerprint density at radius 2 is 1.57 bits per heavy atom. The summed E-state index contributed by atoms with van der Waals surface area (Å²) in [6.07, 6.45) is 10.1. The summed E-state index contributed by atoms with van der Waals surface area (Å²) in [5.41, 5.74) is 2.92. The van der Waals surface area contributed by atoms with Gasteiger partial charge in [0.15, 0.2) is 5.78 Å². The number of ether oxygens (including phenoxy) is 1. The maximum absolute atomic E-state index is 13.9. The van der Waals surface area contributed by atoms with Gasteiger partial charge in [-0.25, -0.2) is 9.97 Å². The number of piperidine rings is 2. The number of H-pyrrole nitrogens is 1.